The molecule has 0 radical (unpaired) electrons. The van der Waals surface area contributed by atoms with Gasteiger partial charge in [-0.25, -0.2) is 0 Å². The molecule has 2 aromatic heterocycles. The average molecular weight is 300 g/mol. The molecule has 0 aliphatic heterocycles. The van der Waals surface area contributed by atoms with Crippen LogP contribution in [0, 0.1) is 0 Å². The van der Waals surface area contributed by atoms with E-state index in [0.717, 1.165) is 19.5 Å². The molecule has 0 aliphatic carbocycles. The average Bonchev–Trinajstić information content (AvgIpc) is 2.54. The first-order valence-electron chi connectivity index (χ1n) is 7.09. The molecule has 7 nitrogen and oxygen atoms in total. The first kappa shape index (κ1) is 15.8. The van der Waals surface area contributed by atoms with Gasteiger partial charge in [0.25, 0.3) is 5.91 Å². The Morgan fingerprint density at radius 2 is 1.95 bits per heavy atom. The summed E-state index contributed by atoms with van der Waals surface area (Å²) in [5, 5.41) is 13.9. The Morgan fingerprint density at radius 3 is 2.59 bits per heavy atom. The van der Waals surface area contributed by atoms with Gasteiger partial charge in [-0.3, -0.25) is 9.78 Å². The molecule has 2 N–H and O–H groups in total. The number of amides is 1. The highest BCUT2D eigenvalue weighted by Crippen LogP contribution is 2.08. The number of nitrogens with zero attached hydrogens (tertiary/aromatic N) is 4. The lowest BCUT2D eigenvalue weighted by molar-refractivity contribution is 0.102. The predicted octanol–water partition coefficient (Wildman–Crippen LogP) is 1.49. The van der Waals surface area contributed by atoms with Crippen molar-refractivity contribution in [3.8, 4) is 0 Å². The van der Waals surface area contributed by atoms with Crippen molar-refractivity contribution in [1.82, 2.24) is 20.1 Å². The highest BCUT2D eigenvalue weighted by Gasteiger charge is 2.06. The molecule has 2 heterocycles. The fraction of sp³-hybridized carbons (Fsp3) is 0.333. The van der Waals surface area contributed by atoms with Gasteiger partial charge in [0.05, 0.1) is 5.56 Å². The van der Waals surface area contributed by atoms with Crippen LogP contribution in [-0.4, -0.2) is 53.2 Å². The van der Waals surface area contributed by atoms with Crippen molar-refractivity contribution in [3.63, 3.8) is 0 Å². The molecule has 0 saturated heterocycles. The second-order valence-electron chi connectivity index (χ2n) is 5.08. The molecular formula is C15H20N6O. The molecule has 0 fully saturated rings. The van der Waals surface area contributed by atoms with Gasteiger partial charge in [0.1, 0.15) is 5.82 Å². The van der Waals surface area contributed by atoms with Crippen LogP contribution in [0.1, 0.15) is 16.8 Å². The zero-order chi connectivity index (χ0) is 15.8. The molecule has 0 saturated carbocycles. The first-order valence-corrected chi connectivity index (χ1v) is 7.09. The van der Waals surface area contributed by atoms with Crippen LogP contribution in [0.4, 0.5) is 11.6 Å². The van der Waals surface area contributed by atoms with Crippen LogP contribution in [0.2, 0.25) is 0 Å². The summed E-state index contributed by atoms with van der Waals surface area (Å²) in [6.45, 7) is 1.84. The fourth-order valence-corrected chi connectivity index (χ4v) is 1.79. The molecular weight excluding hydrogens is 280 g/mol. The summed E-state index contributed by atoms with van der Waals surface area (Å²) in [6, 6.07) is 6.91. The van der Waals surface area contributed by atoms with Gasteiger partial charge in [-0.2, -0.15) is 0 Å². The minimum atomic E-state index is -0.255. The SMILES string of the molecule is CN(C)CCCNc1ccc(NC(=O)c2cccnc2)nn1. The second kappa shape index (κ2) is 8.04. The zero-order valence-electron chi connectivity index (χ0n) is 12.8. The lowest BCUT2D eigenvalue weighted by Crippen LogP contribution is -2.17. The number of carbonyl (C=O) groups is 1. The highest BCUT2D eigenvalue weighted by atomic mass is 16.1. The number of hydrogen-bond acceptors (Lipinski definition) is 6. The Labute approximate surface area is 129 Å². The van der Waals surface area contributed by atoms with Gasteiger partial charge in [0.2, 0.25) is 0 Å². The van der Waals surface area contributed by atoms with Crippen LogP contribution in [-0.2, 0) is 0 Å². The normalized spacial score (nSPS) is 10.5. The molecule has 0 spiro atoms. The maximum absolute atomic E-state index is 11.9. The van der Waals surface area contributed by atoms with Crippen molar-refractivity contribution in [3.05, 3.63) is 42.2 Å². The number of aromatic nitrogens is 3. The van der Waals surface area contributed by atoms with E-state index in [1.54, 1.807) is 30.5 Å². The second-order valence-corrected chi connectivity index (χ2v) is 5.08. The van der Waals surface area contributed by atoms with Gasteiger partial charge in [-0.05, 0) is 51.3 Å². The summed E-state index contributed by atoms with van der Waals surface area (Å²) >= 11 is 0. The summed E-state index contributed by atoms with van der Waals surface area (Å²) in [4.78, 5) is 18.0. The number of rotatable bonds is 7. The molecule has 0 atom stereocenters. The first-order chi connectivity index (χ1) is 10.6. The van der Waals surface area contributed by atoms with Crippen molar-refractivity contribution < 1.29 is 4.79 Å². The van der Waals surface area contributed by atoms with Crippen LogP contribution in [0.25, 0.3) is 0 Å². The molecule has 116 valence electrons. The Balaban J connectivity index is 1.83. The van der Waals surface area contributed by atoms with Crippen molar-refractivity contribution in [2.75, 3.05) is 37.8 Å². The summed E-state index contributed by atoms with van der Waals surface area (Å²) in [5.74, 6) is 0.847. The lowest BCUT2D eigenvalue weighted by atomic mass is 10.3. The molecule has 2 rings (SSSR count). The maximum atomic E-state index is 11.9. The standard InChI is InChI=1S/C15H20N6O/c1-21(2)10-4-9-17-13-6-7-14(20-19-13)18-15(22)12-5-3-8-16-11-12/h3,5-8,11H,4,9-10H2,1-2H3,(H,17,19)(H,18,20,22). The van der Waals surface area contributed by atoms with Gasteiger partial charge in [0, 0.05) is 18.9 Å². The topological polar surface area (TPSA) is 83.0 Å². The van der Waals surface area contributed by atoms with Gasteiger partial charge in [-0.15, -0.1) is 10.2 Å². The lowest BCUT2D eigenvalue weighted by Gasteiger charge is -2.10. The van der Waals surface area contributed by atoms with E-state index in [1.807, 2.05) is 14.1 Å². The minimum absolute atomic E-state index is 0.255. The Kier molecular flexibility index (Phi) is 5.79. The number of hydrogen-bond donors (Lipinski definition) is 2. The van der Waals surface area contributed by atoms with Crippen LogP contribution >= 0.6 is 0 Å². The summed E-state index contributed by atoms with van der Waals surface area (Å²) in [6.07, 6.45) is 4.14. The third-order valence-electron chi connectivity index (χ3n) is 2.92. The van der Waals surface area contributed by atoms with Crippen molar-refractivity contribution in [2.45, 2.75) is 6.42 Å². The molecule has 0 aromatic carbocycles. The van der Waals surface area contributed by atoms with Gasteiger partial charge in [0.15, 0.2) is 5.82 Å². The van der Waals surface area contributed by atoms with Gasteiger partial charge >= 0.3 is 0 Å². The largest absolute Gasteiger partial charge is 0.369 e. The third kappa shape index (κ3) is 5.10. The van der Waals surface area contributed by atoms with E-state index in [2.05, 4.69) is 30.7 Å². The fourth-order valence-electron chi connectivity index (χ4n) is 1.79. The van der Waals surface area contributed by atoms with Gasteiger partial charge < -0.3 is 15.5 Å². The van der Waals surface area contributed by atoms with Crippen LogP contribution < -0.4 is 10.6 Å². The third-order valence-corrected chi connectivity index (χ3v) is 2.92. The molecule has 22 heavy (non-hydrogen) atoms. The van der Waals surface area contributed by atoms with E-state index in [0.29, 0.717) is 17.2 Å². The number of nitrogens with one attached hydrogen (secondary N) is 2. The predicted molar refractivity (Wildman–Crippen MR) is 85.9 cm³/mol. The quantitative estimate of drug-likeness (QED) is 0.754. The smallest absolute Gasteiger partial charge is 0.258 e. The molecule has 7 heteroatoms. The monoisotopic (exact) mass is 300 g/mol. The maximum Gasteiger partial charge on any atom is 0.258 e. The van der Waals surface area contributed by atoms with Crippen molar-refractivity contribution in [1.29, 1.82) is 0 Å². The van der Waals surface area contributed by atoms with E-state index >= 15 is 0 Å². The van der Waals surface area contributed by atoms with E-state index in [4.69, 9.17) is 0 Å². The summed E-state index contributed by atoms with van der Waals surface area (Å²) < 4.78 is 0. The Morgan fingerprint density at radius 1 is 1.18 bits per heavy atom. The van der Waals surface area contributed by atoms with E-state index in [1.165, 1.54) is 6.20 Å². The molecule has 2 aromatic rings. The summed E-state index contributed by atoms with van der Waals surface area (Å²) in [5.41, 5.74) is 0.482. The van der Waals surface area contributed by atoms with Crippen LogP contribution in [0.3, 0.4) is 0 Å². The Bertz CT molecular complexity index is 585. The van der Waals surface area contributed by atoms with Gasteiger partial charge in [-0.1, -0.05) is 0 Å². The zero-order valence-corrected chi connectivity index (χ0v) is 12.8. The minimum Gasteiger partial charge on any atom is -0.369 e. The van der Waals surface area contributed by atoms with Crippen molar-refractivity contribution >= 4 is 17.5 Å². The molecule has 1 amide bonds. The Hall–Kier alpha value is -2.54. The highest BCUT2D eigenvalue weighted by molar-refractivity contribution is 6.03. The van der Waals surface area contributed by atoms with Crippen LogP contribution in [0.5, 0.6) is 0 Å². The summed E-state index contributed by atoms with van der Waals surface area (Å²) in [7, 11) is 4.08. The van der Waals surface area contributed by atoms with E-state index in [-0.39, 0.29) is 5.91 Å². The molecule has 0 unspecified atom stereocenters. The number of anilines is 2. The number of pyridine rings is 1. The van der Waals surface area contributed by atoms with E-state index in [9.17, 15) is 4.79 Å². The number of carbonyl (C=O) groups excluding carboxylic acids is 1. The molecule has 0 aliphatic rings. The van der Waals surface area contributed by atoms with Crippen molar-refractivity contribution in [2.24, 2.45) is 0 Å². The molecule has 0 bridgehead atoms. The van der Waals surface area contributed by atoms with E-state index < -0.39 is 0 Å². The van der Waals surface area contributed by atoms with Crippen LogP contribution in [0.15, 0.2) is 36.7 Å².